The van der Waals surface area contributed by atoms with Crippen molar-refractivity contribution < 1.29 is 37.3 Å². The number of carbonyl (C=O) groups excluding carboxylic acids is 2. The maximum Gasteiger partial charge on any atom is 0.306 e. The number of phosphoric ester groups is 1. The zero-order valence-corrected chi connectivity index (χ0v) is 49.2. The highest BCUT2D eigenvalue weighted by molar-refractivity contribution is 7.45. The van der Waals surface area contributed by atoms with Crippen LogP contribution < -0.4 is 10.2 Å². The van der Waals surface area contributed by atoms with Crippen molar-refractivity contribution >= 4 is 19.7 Å². The van der Waals surface area contributed by atoms with Crippen LogP contribution in [0.5, 0.6) is 0 Å². The Bertz CT molecular complexity index is 1480. The molecule has 0 aromatic carbocycles. The second-order valence-corrected chi connectivity index (χ2v) is 22.9. The standard InChI is InChI=1S/C63H115N2O7P/c1-7-10-13-16-19-22-25-28-29-30-31-32-33-34-35-38-41-44-47-50-53-56-63(67)72-61(54-51-48-45-42-39-36-26-23-20-17-14-11-8-2)60(59-71-73(68,69)70-58-57-65(4,5)6)64-62(66)55-52-49-46-43-40-37-27-24-21-18-15-12-9-3/h12,15,18-19,21-22,24,27-29,51,54,60-61H,7-11,13-14,16-17,20,23,25-26,30-50,52-53,55-59H2,1-6H3,(H-,64,66,68,69)/b15-12+,21-18+,22-19-,27-24-,29-28-,54-51-. The number of hydrogen-bond donors (Lipinski definition) is 1. The third-order valence-electron chi connectivity index (χ3n) is 13.2. The number of phosphoric acid groups is 1. The first-order valence-electron chi connectivity index (χ1n) is 30.3. The van der Waals surface area contributed by atoms with E-state index in [1.165, 1.54) is 141 Å². The quantitative estimate of drug-likeness (QED) is 0.0161. The molecular formula is C63H115N2O7P. The number of likely N-dealkylation sites (N-methyl/N-ethyl adjacent to an activating group) is 1. The number of carbonyl (C=O) groups is 2. The Morgan fingerprint density at radius 3 is 1.44 bits per heavy atom. The van der Waals surface area contributed by atoms with Crippen molar-refractivity contribution in [3.8, 4) is 0 Å². The molecule has 424 valence electrons. The van der Waals surface area contributed by atoms with Crippen LogP contribution in [-0.2, 0) is 27.9 Å². The summed E-state index contributed by atoms with van der Waals surface area (Å²) in [5.74, 6) is -0.566. The molecule has 0 aliphatic heterocycles. The minimum atomic E-state index is -4.70. The molecule has 0 fully saturated rings. The van der Waals surface area contributed by atoms with Crippen molar-refractivity contribution in [1.82, 2.24) is 5.32 Å². The van der Waals surface area contributed by atoms with Gasteiger partial charge >= 0.3 is 5.97 Å². The van der Waals surface area contributed by atoms with Crippen LogP contribution in [0.15, 0.2) is 72.9 Å². The summed E-state index contributed by atoms with van der Waals surface area (Å²) in [6, 6.07) is -0.901. The molecule has 0 aromatic rings. The first-order valence-corrected chi connectivity index (χ1v) is 31.7. The maximum atomic E-state index is 13.5. The first-order chi connectivity index (χ1) is 35.4. The third kappa shape index (κ3) is 54.1. The SMILES string of the molecule is CC/C=C/C=C/C=C\CCCCCCCC(=O)NC(COP(=O)([O-])OCC[N+](C)(C)C)C(/C=C\CCCCCCCCCCCCC)OC(=O)CCCCCCCCCCCCC/C=C\C/C=C\CCCCC. The number of rotatable bonds is 54. The summed E-state index contributed by atoms with van der Waals surface area (Å²) < 4.78 is 30.3. The van der Waals surface area contributed by atoms with Gasteiger partial charge in [0.05, 0.1) is 33.8 Å². The van der Waals surface area contributed by atoms with Gasteiger partial charge in [0.1, 0.15) is 19.3 Å². The summed E-state index contributed by atoms with van der Waals surface area (Å²) in [6.45, 7) is 6.67. The summed E-state index contributed by atoms with van der Waals surface area (Å²) in [4.78, 5) is 39.9. The highest BCUT2D eigenvalue weighted by Gasteiger charge is 2.27. The van der Waals surface area contributed by atoms with E-state index in [2.05, 4.69) is 80.8 Å². The number of amides is 1. The van der Waals surface area contributed by atoms with Gasteiger partial charge in [-0.2, -0.15) is 0 Å². The number of esters is 1. The van der Waals surface area contributed by atoms with Gasteiger partial charge in [-0.1, -0.05) is 242 Å². The van der Waals surface area contributed by atoms with Crippen molar-refractivity contribution in [2.75, 3.05) is 40.9 Å². The van der Waals surface area contributed by atoms with Gasteiger partial charge in [0, 0.05) is 12.8 Å². The second kappa shape index (κ2) is 52.9. The van der Waals surface area contributed by atoms with Crippen LogP contribution in [0.1, 0.15) is 265 Å². The number of ether oxygens (including phenoxy) is 1. The third-order valence-corrected chi connectivity index (χ3v) is 14.1. The van der Waals surface area contributed by atoms with Gasteiger partial charge in [-0.3, -0.25) is 14.2 Å². The van der Waals surface area contributed by atoms with Crippen molar-refractivity contribution in [2.24, 2.45) is 0 Å². The van der Waals surface area contributed by atoms with Crippen LogP contribution in [0.25, 0.3) is 0 Å². The second-order valence-electron chi connectivity index (χ2n) is 21.5. The summed E-state index contributed by atoms with van der Waals surface area (Å²) in [5, 5.41) is 3.01. The van der Waals surface area contributed by atoms with Crippen molar-refractivity contribution in [1.29, 1.82) is 0 Å². The molecule has 0 saturated heterocycles. The van der Waals surface area contributed by atoms with Gasteiger partial charge in [-0.25, -0.2) is 0 Å². The molecular weight excluding hydrogens is 928 g/mol. The van der Waals surface area contributed by atoms with Crippen LogP contribution in [0, 0.1) is 0 Å². The molecule has 10 heteroatoms. The van der Waals surface area contributed by atoms with Gasteiger partial charge in [0.25, 0.3) is 7.82 Å². The van der Waals surface area contributed by atoms with E-state index < -0.39 is 26.6 Å². The average Bonchev–Trinajstić information content (AvgIpc) is 3.35. The number of hydrogen-bond acceptors (Lipinski definition) is 7. The number of quaternary nitrogens is 1. The molecule has 1 amide bonds. The number of nitrogens with one attached hydrogen (secondary N) is 1. The molecule has 9 nitrogen and oxygen atoms in total. The minimum absolute atomic E-state index is 0.0290. The number of unbranched alkanes of at least 4 members (excludes halogenated alkanes) is 30. The van der Waals surface area contributed by atoms with E-state index >= 15 is 0 Å². The molecule has 73 heavy (non-hydrogen) atoms. The Hall–Kier alpha value is -2.55. The lowest BCUT2D eigenvalue weighted by Gasteiger charge is -2.30. The first kappa shape index (κ1) is 70.5. The molecule has 0 aliphatic rings. The normalized spacial score (nSPS) is 14.2. The fourth-order valence-electron chi connectivity index (χ4n) is 8.49. The summed E-state index contributed by atoms with van der Waals surface area (Å²) in [7, 11) is 1.16. The molecule has 0 bridgehead atoms. The molecule has 0 radical (unpaired) electrons. The van der Waals surface area contributed by atoms with Gasteiger partial charge in [-0.05, 0) is 83.1 Å². The Morgan fingerprint density at radius 2 is 0.932 bits per heavy atom. The predicted molar refractivity (Wildman–Crippen MR) is 312 cm³/mol. The molecule has 0 aromatic heterocycles. The zero-order valence-electron chi connectivity index (χ0n) is 48.3. The Labute approximate surface area is 451 Å². The lowest BCUT2D eigenvalue weighted by molar-refractivity contribution is -0.870. The topological polar surface area (TPSA) is 114 Å². The Kier molecular flexibility index (Phi) is 51.0. The van der Waals surface area contributed by atoms with E-state index in [1.54, 1.807) is 0 Å². The van der Waals surface area contributed by atoms with Crippen molar-refractivity contribution in [2.45, 2.75) is 277 Å². The lowest BCUT2D eigenvalue weighted by atomic mass is 10.0. The van der Waals surface area contributed by atoms with Gasteiger partial charge < -0.3 is 28.5 Å². The molecule has 0 heterocycles. The van der Waals surface area contributed by atoms with Crippen LogP contribution in [0.3, 0.4) is 0 Å². The average molecular weight is 1040 g/mol. The van der Waals surface area contributed by atoms with E-state index in [0.29, 0.717) is 23.9 Å². The molecule has 3 atom stereocenters. The van der Waals surface area contributed by atoms with Crippen LogP contribution in [0.4, 0.5) is 0 Å². The number of nitrogens with zero attached hydrogens (tertiary/aromatic N) is 1. The van der Waals surface area contributed by atoms with Gasteiger partial charge in [0.15, 0.2) is 0 Å². The summed E-state index contributed by atoms with van der Waals surface area (Å²) >= 11 is 0. The molecule has 0 aliphatic carbocycles. The summed E-state index contributed by atoms with van der Waals surface area (Å²) in [5.41, 5.74) is 0. The fourth-order valence-corrected chi connectivity index (χ4v) is 9.22. The minimum Gasteiger partial charge on any atom is -0.756 e. The van der Waals surface area contributed by atoms with Crippen molar-refractivity contribution in [3.63, 3.8) is 0 Å². The highest BCUT2D eigenvalue weighted by atomic mass is 31.2. The van der Waals surface area contributed by atoms with Crippen LogP contribution in [0.2, 0.25) is 0 Å². The van der Waals surface area contributed by atoms with Crippen LogP contribution in [-0.4, -0.2) is 69.4 Å². The zero-order chi connectivity index (χ0) is 53.6. The summed E-state index contributed by atoms with van der Waals surface area (Å²) in [6.07, 6.45) is 67.2. The smallest absolute Gasteiger partial charge is 0.306 e. The monoisotopic (exact) mass is 1040 g/mol. The largest absolute Gasteiger partial charge is 0.756 e. The van der Waals surface area contributed by atoms with E-state index in [9.17, 15) is 19.0 Å². The Balaban J connectivity index is 5.27. The van der Waals surface area contributed by atoms with E-state index in [1.807, 2.05) is 39.4 Å². The highest BCUT2D eigenvalue weighted by Crippen LogP contribution is 2.38. The molecule has 0 spiro atoms. The van der Waals surface area contributed by atoms with Crippen LogP contribution >= 0.6 is 7.82 Å². The molecule has 0 rings (SSSR count). The molecule has 0 saturated carbocycles. The van der Waals surface area contributed by atoms with E-state index in [-0.39, 0.29) is 24.9 Å². The Morgan fingerprint density at radius 1 is 0.507 bits per heavy atom. The van der Waals surface area contributed by atoms with Crippen molar-refractivity contribution in [3.05, 3.63) is 72.9 Å². The van der Waals surface area contributed by atoms with E-state index in [4.69, 9.17) is 13.8 Å². The lowest BCUT2D eigenvalue weighted by Crippen LogP contribution is -2.47. The van der Waals surface area contributed by atoms with E-state index in [0.717, 1.165) is 83.5 Å². The molecule has 1 N–H and O–H groups in total. The number of allylic oxidation sites excluding steroid dienone is 11. The van der Waals surface area contributed by atoms with Gasteiger partial charge in [-0.15, -0.1) is 0 Å². The van der Waals surface area contributed by atoms with Gasteiger partial charge in [0.2, 0.25) is 5.91 Å². The molecule has 3 unspecified atom stereocenters. The predicted octanol–water partition coefficient (Wildman–Crippen LogP) is 17.8. The maximum absolute atomic E-state index is 13.5. The fraction of sp³-hybridized carbons (Fsp3) is 0.778.